The second kappa shape index (κ2) is 9.27. The first-order chi connectivity index (χ1) is 14.7. The van der Waals surface area contributed by atoms with E-state index in [4.69, 9.17) is 9.94 Å². The molecule has 0 bridgehead atoms. The van der Waals surface area contributed by atoms with Crippen LogP contribution in [-0.4, -0.2) is 47.2 Å². The molecule has 1 unspecified atom stereocenters. The van der Waals surface area contributed by atoms with Crippen LogP contribution in [0.5, 0.6) is 5.75 Å². The maximum absolute atomic E-state index is 12.8. The Morgan fingerprint density at radius 2 is 1.87 bits per heavy atom. The Hall–Kier alpha value is -3.24. The van der Waals surface area contributed by atoms with Crippen LogP contribution < -0.4 is 15.8 Å². The molecule has 1 heterocycles. The van der Waals surface area contributed by atoms with Crippen LogP contribution in [0.3, 0.4) is 0 Å². The molecule has 10 heteroatoms. The smallest absolute Gasteiger partial charge is 0.261 e. The van der Waals surface area contributed by atoms with Crippen molar-refractivity contribution in [1.29, 1.82) is 0 Å². The summed E-state index contributed by atoms with van der Waals surface area (Å²) in [5.74, 6) is -0.264. The summed E-state index contributed by atoms with van der Waals surface area (Å²) in [7, 11) is -3.76. The predicted octanol–water partition coefficient (Wildman–Crippen LogP) is 1.77. The van der Waals surface area contributed by atoms with E-state index in [1.165, 1.54) is 16.4 Å². The molecule has 0 radical (unpaired) electrons. The van der Waals surface area contributed by atoms with Crippen LogP contribution in [0.4, 0.5) is 0 Å². The monoisotopic (exact) mass is 445 g/mol. The number of fused-ring (bicyclic) bond motifs is 1. The predicted molar refractivity (Wildman–Crippen MR) is 116 cm³/mol. The van der Waals surface area contributed by atoms with E-state index in [-0.39, 0.29) is 18.5 Å². The summed E-state index contributed by atoms with van der Waals surface area (Å²) in [6, 6.07) is 12.9. The van der Waals surface area contributed by atoms with E-state index in [1.54, 1.807) is 12.1 Å². The number of ether oxygens (including phenoxy) is 1. The van der Waals surface area contributed by atoms with Gasteiger partial charge in [0, 0.05) is 12.8 Å². The van der Waals surface area contributed by atoms with E-state index in [0.717, 1.165) is 23.1 Å². The molecular formula is C21H23N3O6S. The van der Waals surface area contributed by atoms with Crippen molar-refractivity contribution in [2.24, 2.45) is 0 Å². The van der Waals surface area contributed by atoms with Gasteiger partial charge in [0.05, 0.1) is 23.8 Å². The molecule has 0 aliphatic heterocycles. The lowest BCUT2D eigenvalue weighted by atomic mass is 10.0. The van der Waals surface area contributed by atoms with Gasteiger partial charge in [-0.1, -0.05) is 18.2 Å². The second-order valence-electron chi connectivity index (χ2n) is 7.02. The Morgan fingerprint density at radius 3 is 2.48 bits per heavy atom. The molecule has 0 saturated heterocycles. The fourth-order valence-corrected chi connectivity index (χ4v) is 4.25. The third-order valence-corrected chi connectivity index (χ3v) is 6.36. The molecule has 2 N–H and O–H groups in total. The van der Waals surface area contributed by atoms with Crippen molar-refractivity contribution in [2.45, 2.75) is 25.1 Å². The van der Waals surface area contributed by atoms with E-state index in [1.807, 2.05) is 37.3 Å². The van der Waals surface area contributed by atoms with Crippen LogP contribution in [0.2, 0.25) is 0 Å². The van der Waals surface area contributed by atoms with Gasteiger partial charge < -0.3 is 4.74 Å². The van der Waals surface area contributed by atoms with Gasteiger partial charge in [-0.15, -0.1) is 0 Å². The van der Waals surface area contributed by atoms with Crippen molar-refractivity contribution in [2.75, 3.05) is 12.9 Å². The van der Waals surface area contributed by atoms with E-state index in [0.29, 0.717) is 17.5 Å². The third-order valence-electron chi connectivity index (χ3n) is 4.88. The van der Waals surface area contributed by atoms with Crippen LogP contribution in [0.15, 0.2) is 53.6 Å². The summed E-state index contributed by atoms with van der Waals surface area (Å²) in [5, 5.41) is 7.68. The van der Waals surface area contributed by atoms with Gasteiger partial charge in [-0.25, -0.2) is 18.9 Å². The summed E-state index contributed by atoms with van der Waals surface area (Å²) < 4.78 is 30.3. The molecule has 31 heavy (non-hydrogen) atoms. The highest BCUT2D eigenvalue weighted by molar-refractivity contribution is 7.92. The Balaban J connectivity index is 1.86. The lowest BCUT2D eigenvalue weighted by molar-refractivity contribution is -0.128. The van der Waals surface area contributed by atoms with Crippen molar-refractivity contribution < 1.29 is 23.2 Å². The maximum Gasteiger partial charge on any atom is 0.261 e. The first-order valence-electron chi connectivity index (χ1n) is 9.60. The number of aryl methyl sites for hydroxylation is 1. The zero-order chi connectivity index (χ0) is 22.6. The second-order valence-corrected chi connectivity index (χ2v) is 9.24. The molecule has 3 rings (SSSR count). The zero-order valence-corrected chi connectivity index (χ0v) is 17.9. The lowest BCUT2D eigenvalue weighted by Crippen LogP contribution is -2.39. The maximum atomic E-state index is 12.8. The number of amides is 1. The van der Waals surface area contributed by atoms with Crippen LogP contribution in [0.25, 0.3) is 22.0 Å². The Kier molecular flexibility index (Phi) is 6.71. The first kappa shape index (κ1) is 22.4. The molecule has 1 aromatic heterocycles. The van der Waals surface area contributed by atoms with Gasteiger partial charge in [0.15, 0.2) is 9.84 Å². The van der Waals surface area contributed by atoms with Gasteiger partial charge in [0.2, 0.25) is 0 Å². The molecule has 0 fully saturated rings. The number of carbonyl (C=O) groups is 1. The van der Waals surface area contributed by atoms with Crippen molar-refractivity contribution in [3.8, 4) is 16.9 Å². The highest BCUT2D eigenvalue weighted by atomic mass is 32.2. The van der Waals surface area contributed by atoms with Crippen LogP contribution in [-0.2, 0) is 21.2 Å². The van der Waals surface area contributed by atoms with Gasteiger partial charge in [-0.05, 0) is 48.7 Å². The molecule has 0 spiro atoms. The molecule has 3 aromatic rings. The Bertz CT molecular complexity index is 1250. The molecule has 1 atom stereocenters. The molecule has 164 valence electrons. The molecule has 1 amide bonds. The van der Waals surface area contributed by atoms with E-state index < -0.39 is 21.0 Å². The van der Waals surface area contributed by atoms with Gasteiger partial charge in [0.1, 0.15) is 11.0 Å². The van der Waals surface area contributed by atoms with Crippen molar-refractivity contribution in [3.63, 3.8) is 0 Å². The molecule has 0 saturated carbocycles. The summed E-state index contributed by atoms with van der Waals surface area (Å²) in [6.45, 7) is 2.45. The number of benzene rings is 2. The molecule has 2 aromatic carbocycles. The molecular weight excluding hydrogens is 422 g/mol. The van der Waals surface area contributed by atoms with Crippen LogP contribution in [0, 0.1) is 0 Å². The highest BCUT2D eigenvalue weighted by Gasteiger charge is 2.28. The lowest BCUT2D eigenvalue weighted by Gasteiger charge is -2.14. The van der Waals surface area contributed by atoms with Crippen LogP contribution >= 0.6 is 0 Å². The van der Waals surface area contributed by atoms with Crippen LogP contribution in [0.1, 0.15) is 13.3 Å². The minimum Gasteiger partial charge on any atom is -0.494 e. The molecule has 9 nitrogen and oxygen atoms in total. The number of nitrogens with one attached hydrogen (secondary N) is 1. The number of hydrogen-bond acceptors (Lipinski definition) is 7. The number of hydrogen-bond donors (Lipinski definition) is 2. The van der Waals surface area contributed by atoms with Crippen molar-refractivity contribution in [3.05, 3.63) is 59.1 Å². The number of sulfone groups is 1. The standard InChI is InChI=1S/C21H23N3O6S/c1-3-30-16-7-4-14(5-8-16)15-6-9-17-18(12-15)22-13-24(21(17)26)11-10-19(20(25)23-27)31(2,28)29/h4-9,12-13,19,27H,3,10-11H2,1-2H3,(H,23,25). The van der Waals surface area contributed by atoms with Crippen molar-refractivity contribution >= 4 is 26.6 Å². The van der Waals surface area contributed by atoms with Gasteiger partial charge >= 0.3 is 0 Å². The summed E-state index contributed by atoms with van der Waals surface area (Å²) in [6.07, 6.45) is 2.04. The fourth-order valence-electron chi connectivity index (χ4n) is 3.28. The van der Waals surface area contributed by atoms with E-state index >= 15 is 0 Å². The minimum atomic E-state index is -3.76. The highest BCUT2D eigenvalue weighted by Crippen LogP contribution is 2.24. The summed E-state index contributed by atoms with van der Waals surface area (Å²) in [5.41, 5.74) is 3.34. The third kappa shape index (κ3) is 5.09. The number of carbonyl (C=O) groups excluding carboxylic acids is 1. The Morgan fingerprint density at radius 1 is 1.19 bits per heavy atom. The van der Waals surface area contributed by atoms with E-state index in [9.17, 15) is 18.0 Å². The fraction of sp³-hybridized carbons (Fsp3) is 0.286. The van der Waals surface area contributed by atoms with E-state index in [2.05, 4.69) is 4.98 Å². The Labute approximate surface area is 179 Å². The number of aromatic nitrogens is 2. The van der Waals surface area contributed by atoms with Gasteiger partial charge in [0.25, 0.3) is 11.5 Å². The summed E-state index contributed by atoms with van der Waals surface area (Å²) >= 11 is 0. The van der Waals surface area contributed by atoms with Crippen molar-refractivity contribution in [1.82, 2.24) is 15.0 Å². The summed E-state index contributed by atoms with van der Waals surface area (Å²) in [4.78, 5) is 28.8. The zero-order valence-electron chi connectivity index (χ0n) is 17.1. The van der Waals surface area contributed by atoms with Gasteiger partial charge in [-0.2, -0.15) is 0 Å². The number of hydroxylamine groups is 1. The normalized spacial score (nSPS) is 12.5. The average Bonchev–Trinajstić information content (AvgIpc) is 2.74. The largest absolute Gasteiger partial charge is 0.494 e. The first-order valence-corrected chi connectivity index (χ1v) is 11.5. The molecule has 0 aliphatic rings. The number of nitrogens with zero attached hydrogens (tertiary/aromatic N) is 2. The van der Waals surface area contributed by atoms with Gasteiger partial charge in [-0.3, -0.25) is 19.4 Å². The molecule has 0 aliphatic carbocycles. The SMILES string of the molecule is CCOc1ccc(-c2ccc3c(=O)n(CCC(C(=O)NO)S(C)(=O)=O)cnc3c2)cc1. The average molecular weight is 445 g/mol. The topological polar surface area (TPSA) is 128 Å². The minimum absolute atomic E-state index is 0.0480. The number of rotatable bonds is 8. The quantitative estimate of drug-likeness (QED) is 0.399.